The van der Waals surface area contributed by atoms with E-state index in [-0.39, 0.29) is 29.7 Å². The van der Waals surface area contributed by atoms with Gasteiger partial charge in [-0.05, 0) is 30.3 Å². The first-order valence-electron chi connectivity index (χ1n) is 10.1. The number of aromatic nitrogens is 3. The van der Waals surface area contributed by atoms with Crippen LogP contribution in [-0.4, -0.2) is 27.0 Å². The van der Waals surface area contributed by atoms with E-state index >= 15 is 0 Å². The number of ether oxygens (including phenoxy) is 2. The molecule has 2 aromatic heterocycles. The van der Waals surface area contributed by atoms with Crippen LogP contribution < -0.4 is 20.1 Å². The number of rotatable bonds is 9. The fraction of sp³-hybridized carbons (Fsp3) is 0.0870. The van der Waals surface area contributed by atoms with Gasteiger partial charge in [-0.2, -0.15) is 9.37 Å². The number of hydrogen-bond acceptors (Lipinski definition) is 9. The Kier molecular flexibility index (Phi) is 6.91. The van der Waals surface area contributed by atoms with Gasteiger partial charge in [0.2, 0.25) is 11.8 Å². The van der Waals surface area contributed by atoms with Crippen molar-refractivity contribution in [2.24, 2.45) is 0 Å². The quantitative estimate of drug-likeness (QED) is 0.248. The Morgan fingerprint density at radius 1 is 0.971 bits per heavy atom. The van der Waals surface area contributed by atoms with Crippen molar-refractivity contribution in [1.29, 1.82) is 0 Å². The Morgan fingerprint density at radius 3 is 2.54 bits per heavy atom. The normalized spacial score (nSPS) is 10.5. The van der Waals surface area contributed by atoms with Crippen molar-refractivity contribution in [3.05, 3.63) is 94.4 Å². The van der Waals surface area contributed by atoms with E-state index in [9.17, 15) is 18.9 Å². The van der Waals surface area contributed by atoms with Crippen molar-refractivity contribution < 1.29 is 23.2 Å². The first-order chi connectivity index (χ1) is 16.9. The molecule has 0 spiro atoms. The zero-order chi connectivity index (χ0) is 24.8. The number of pyridine rings is 1. The van der Waals surface area contributed by atoms with E-state index in [1.165, 1.54) is 25.4 Å². The van der Waals surface area contributed by atoms with Crippen LogP contribution in [0.15, 0.2) is 67.0 Å². The smallest absolute Gasteiger partial charge is 0.307 e. The monoisotopic (exact) mass is 480 g/mol. The van der Waals surface area contributed by atoms with E-state index in [1.807, 2.05) is 6.07 Å². The van der Waals surface area contributed by atoms with Gasteiger partial charge in [-0.3, -0.25) is 15.1 Å². The molecule has 0 radical (unpaired) electrons. The number of benzene rings is 2. The molecule has 10 nitrogen and oxygen atoms in total. The topological polar surface area (TPSA) is 124 Å². The molecule has 0 atom stereocenters. The van der Waals surface area contributed by atoms with Crippen molar-refractivity contribution in [1.82, 2.24) is 15.0 Å². The van der Waals surface area contributed by atoms with Gasteiger partial charge in [-0.1, -0.05) is 6.07 Å². The van der Waals surface area contributed by atoms with Gasteiger partial charge in [0, 0.05) is 36.3 Å². The summed E-state index contributed by atoms with van der Waals surface area (Å²) in [5.74, 6) is -1.18. The van der Waals surface area contributed by atoms with Crippen LogP contribution in [0.2, 0.25) is 0 Å². The summed E-state index contributed by atoms with van der Waals surface area (Å²) in [4.78, 5) is 22.6. The zero-order valence-corrected chi connectivity index (χ0v) is 18.2. The lowest BCUT2D eigenvalue weighted by Crippen LogP contribution is -2.04. The Labute approximate surface area is 197 Å². The summed E-state index contributed by atoms with van der Waals surface area (Å²) >= 11 is 0. The van der Waals surface area contributed by atoms with Crippen LogP contribution in [0.4, 0.5) is 37.6 Å². The number of halogens is 2. The Bertz CT molecular complexity index is 1360. The van der Waals surface area contributed by atoms with Crippen LogP contribution in [-0.2, 0) is 6.61 Å². The lowest BCUT2D eigenvalue weighted by molar-refractivity contribution is -0.387. The van der Waals surface area contributed by atoms with E-state index in [0.29, 0.717) is 17.2 Å². The first kappa shape index (κ1) is 23.3. The van der Waals surface area contributed by atoms with Gasteiger partial charge in [0.25, 0.3) is 0 Å². The molecule has 0 amide bonds. The minimum Gasteiger partial charge on any atom is -0.494 e. The molecule has 2 aromatic carbocycles. The van der Waals surface area contributed by atoms with Gasteiger partial charge in [-0.15, -0.1) is 0 Å². The number of anilines is 4. The molecule has 0 aliphatic heterocycles. The summed E-state index contributed by atoms with van der Waals surface area (Å²) in [6, 6.07) is 13.1. The Hall–Kier alpha value is -4.87. The maximum atomic E-state index is 14.5. The molecular formula is C23H18F2N6O4. The summed E-state index contributed by atoms with van der Waals surface area (Å²) in [6.07, 6.45) is 3.04. The zero-order valence-electron chi connectivity index (χ0n) is 18.2. The van der Waals surface area contributed by atoms with Gasteiger partial charge >= 0.3 is 5.69 Å². The van der Waals surface area contributed by atoms with Crippen LogP contribution in [0.25, 0.3) is 0 Å². The largest absolute Gasteiger partial charge is 0.494 e. The molecule has 2 heterocycles. The molecule has 0 saturated carbocycles. The predicted molar refractivity (Wildman–Crippen MR) is 123 cm³/mol. The molecule has 0 bridgehead atoms. The van der Waals surface area contributed by atoms with Crippen LogP contribution >= 0.6 is 0 Å². The number of hydrogen-bond donors (Lipinski definition) is 2. The highest BCUT2D eigenvalue weighted by molar-refractivity contribution is 5.67. The molecule has 35 heavy (non-hydrogen) atoms. The average Bonchev–Trinajstić information content (AvgIpc) is 2.85. The highest BCUT2D eigenvalue weighted by Gasteiger charge is 2.19. The van der Waals surface area contributed by atoms with Crippen molar-refractivity contribution in [2.45, 2.75) is 6.61 Å². The van der Waals surface area contributed by atoms with E-state index in [4.69, 9.17) is 9.47 Å². The third-order valence-electron chi connectivity index (χ3n) is 4.67. The van der Waals surface area contributed by atoms with Crippen LogP contribution in [0.5, 0.6) is 11.5 Å². The second-order valence-corrected chi connectivity index (χ2v) is 7.03. The molecule has 4 aromatic rings. The highest BCUT2D eigenvalue weighted by atomic mass is 19.1. The minimum atomic E-state index is -1.04. The molecule has 0 saturated heterocycles. The summed E-state index contributed by atoms with van der Waals surface area (Å²) < 4.78 is 38.9. The van der Waals surface area contributed by atoms with Crippen LogP contribution in [0, 0.1) is 21.7 Å². The number of nitrogens with one attached hydrogen (secondary N) is 2. The standard InChI is InChI=1S/C23H18F2N6O4/c1-34-21-11-16(24)19(31(32)33)12-18(21)29-23-27-9-7-22(30-23)28-14-5-6-20(17(25)10-14)35-13-15-4-2-3-8-26-15/h2-12H,13H2,1H3,(H2,27,28,29,30). The molecule has 0 fully saturated rings. The molecule has 2 N–H and O–H groups in total. The molecule has 0 unspecified atom stereocenters. The summed E-state index contributed by atoms with van der Waals surface area (Å²) in [7, 11) is 1.29. The SMILES string of the molecule is COc1cc(F)c([N+](=O)[O-])cc1Nc1nccc(Nc2ccc(OCc3ccccn3)c(F)c2)n1. The van der Waals surface area contributed by atoms with Crippen LogP contribution in [0.1, 0.15) is 5.69 Å². The van der Waals surface area contributed by atoms with E-state index in [0.717, 1.165) is 12.1 Å². The number of nitrogens with zero attached hydrogens (tertiary/aromatic N) is 4. The fourth-order valence-electron chi connectivity index (χ4n) is 3.04. The molecule has 0 aliphatic carbocycles. The van der Waals surface area contributed by atoms with Gasteiger partial charge in [0.05, 0.1) is 23.4 Å². The minimum absolute atomic E-state index is 0.0263. The highest BCUT2D eigenvalue weighted by Crippen LogP contribution is 2.33. The molecule has 4 rings (SSSR count). The number of nitro benzene ring substituents is 1. The summed E-state index contributed by atoms with van der Waals surface area (Å²) in [6.45, 7) is 0.122. The Morgan fingerprint density at radius 2 is 1.83 bits per heavy atom. The fourth-order valence-corrected chi connectivity index (χ4v) is 3.04. The van der Waals surface area contributed by atoms with E-state index in [1.54, 1.807) is 30.5 Å². The van der Waals surface area contributed by atoms with Gasteiger partial charge in [-0.25, -0.2) is 9.37 Å². The second-order valence-electron chi connectivity index (χ2n) is 7.03. The summed E-state index contributed by atoms with van der Waals surface area (Å²) in [5, 5.41) is 16.8. The third-order valence-corrected chi connectivity index (χ3v) is 4.67. The van der Waals surface area contributed by atoms with E-state index < -0.39 is 22.2 Å². The Balaban J connectivity index is 1.47. The number of methoxy groups -OCH3 is 1. The van der Waals surface area contributed by atoms with Crippen molar-refractivity contribution in [3.8, 4) is 11.5 Å². The third kappa shape index (κ3) is 5.74. The molecule has 178 valence electrons. The molecular weight excluding hydrogens is 462 g/mol. The lowest BCUT2D eigenvalue weighted by Gasteiger charge is -2.12. The summed E-state index contributed by atoms with van der Waals surface area (Å²) in [5.41, 5.74) is 0.423. The maximum absolute atomic E-state index is 14.5. The van der Waals surface area contributed by atoms with Gasteiger partial charge in [0.15, 0.2) is 11.6 Å². The van der Waals surface area contributed by atoms with Crippen molar-refractivity contribution in [2.75, 3.05) is 17.7 Å². The maximum Gasteiger partial charge on any atom is 0.307 e. The lowest BCUT2D eigenvalue weighted by atomic mass is 10.2. The molecule has 0 aliphatic rings. The second kappa shape index (κ2) is 10.4. The average molecular weight is 480 g/mol. The predicted octanol–water partition coefficient (Wildman–Crippen LogP) is 5.13. The number of nitro groups is 1. The molecule has 12 heteroatoms. The first-order valence-corrected chi connectivity index (χ1v) is 10.1. The van der Waals surface area contributed by atoms with Crippen molar-refractivity contribution in [3.63, 3.8) is 0 Å². The van der Waals surface area contributed by atoms with Gasteiger partial charge < -0.3 is 20.1 Å². The van der Waals surface area contributed by atoms with Gasteiger partial charge in [0.1, 0.15) is 18.2 Å². The van der Waals surface area contributed by atoms with E-state index in [2.05, 4.69) is 25.6 Å². The van der Waals surface area contributed by atoms with Crippen LogP contribution in [0.3, 0.4) is 0 Å². The van der Waals surface area contributed by atoms with Crippen molar-refractivity contribution >= 4 is 28.8 Å².